The van der Waals surface area contributed by atoms with Crippen LogP contribution in [0.25, 0.3) is 10.6 Å². The van der Waals surface area contributed by atoms with Crippen molar-refractivity contribution in [1.82, 2.24) is 14.8 Å². The Kier molecular flexibility index (Phi) is 6.27. The molecule has 1 aliphatic rings. The third-order valence-electron chi connectivity index (χ3n) is 5.20. The minimum Gasteiger partial charge on any atom is -0.497 e. The largest absolute Gasteiger partial charge is 0.497 e. The first-order chi connectivity index (χ1) is 15.0. The Morgan fingerprint density at radius 3 is 2.39 bits per heavy atom. The highest BCUT2D eigenvalue weighted by Crippen LogP contribution is 2.27. The third kappa shape index (κ3) is 4.74. The summed E-state index contributed by atoms with van der Waals surface area (Å²) in [6, 6.07) is 13.2. The van der Waals surface area contributed by atoms with Crippen molar-refractivity contribution in [3.63, 3.8) is 0 Å². The lowest BCUT2D eigenvalue weighted by atomic mass is 10.2. The molecule has 0 bridgehead atoms. The van der Waals surface area contributed by atoms with E-state index in [4.69, 9.17) is 4.74 Å². The number of aromatic nitrogens is 1. The van der Waals surface area contributed by atoms with Crippen LogP contribution in [0.3, 0.4) is 0 Å². The number of ether oxygens (including phenoxy) is 1. The highest BCUT2D eigenvalue weighted by Gasteiger charge is 2.25. The molecule has 160 valence electrons. The summed E-state index contributed by atoms with van der Waals surface area (Å²) in [6.45, 7) is 1.92. The fourth-order valence-corrected chi connectivity index (χ4v) is 4.41. The molecule has 2 heterocycles. The first-order valence-corrected chi connectivity index (χ1v) is 10.8. The zero-order valence-electron chi connectivity index (χ0n) is 17.1. The van der Waals surface area contributed by atoms with Gasteiger partial charge in [0.1, 0.15) is 21.5 Å². The Bertz CT molecular complexity index is 1080. The first-order valence-electron chi connectivity index (χ1n) is 9.99. The molecule has 4 rings (SSSR count). The average molecular weight is 440 g/mol. The number of carbonyl (C=O) groups excluding carboxylic acids is 2. The molecule has 1 aliphatic heterocycles. The summed E-state index contributed by atoms with van der Waals surface area (Å²) in [5.41, 5.74) is 1.25. The van der Waals surface area contributed by atoms with E-state index in [9.17, 15) is 14.0 Å². The summed E-state index contributed by atoms with van der Waals surface area (Å²) in [7, 11) is 1.61. The van der Waals surface area contributed by atoms with E-state index in [0.29, 0.717) is 43.0 Å². The summed E-state index contributed by atoms with van der Waals surface area (Å²) in [5, 5.41) is 0.767. The molecule has 31 heavy (non-hydrogen) atoms. The van der Waals surface area contributed by atoms with Crippen molar-refractivity contribution >= 4 is 23.2 Å². The minimum atomic E-state index is -0.435. The van der Waals surface area contributed by atoms with Gasteiger partial charge < -0.3 is 14.5 Å². The van der Waals surface area contributed by atoms with Gasteiger partial charge in [-0.1, -0.05) is 6.07 Å². The monoisotopic (exact) mass is 439 g/mol. The van der Waals surface area contributed by atoms with E-state index in [1.54, 1.807) is 29.2 Å². The van der Waals surface area contributed by atoms with Gasteiger partial charge in [-0.05, 0) is 48.9 Å². The molecule has 1 aromatic heterocycles. The van der Waals surface area contributed by atoms with Crippen molar-refractivity contribution in [3.05, 3.63) is 71.0 Å². The number of methoxy groups -OCH3 is 1. The van der Waals surface area contributed by atoms with Crippen molar-refractivity contribution in [2.24, 2.45) is 0 Å². The van der Waals surface area contributed by atoms with Gasteiger partial charge in [0, 0.05) is 37.3 Å². The predicted molar refractivity (Wildman–Crippen MR) is 117 cm³/mol. The average Bonchev–Trinajstić information content (AvgIpc) is 3.16. The van der Waals surface area contributed by atoms with Crippen molar-refractivity contribution < 1.29 is 18.7 Å². The molecule has 0 saturated carbocycles. The van der Waals surface area contributed by atoms with Gasteiger partial charge in [-0.2, -0.15) is 0 Å². The number of hydrogen-bond donors (Lipinski definition) is 0. The van der Waals surface area contributed by atoms with Crippen LogP contribution in [0.5, 0.6) is 5.75 Å². The van der Waals surface area contributed by atoms with Crippen LogP contribution in [0.2, 0.25) is 0 Å². The maximum absolute atomic E-state index is 13.5. The van der Waals surface area contributed by atoms with Gasteiger partial charge in [-0.3, -0.25) is 9.59 Å². The van der Waals surface area contributed by atoms with Crippen molar-refractivity contribution in [2.45, 2.75) is 6.42 Å². The molecule has 1 fully saturated rings. The number of nitrogens with zero attached hydrogens (tertiary/aromatic N) is 3. The Morgan fingerprint density at radius 2 is 1.71 bits per heavy atom. The lowest BCUT2D eigenvalue weighted by Crippen LogP contribution is -2.37. The second kappa shape index (κ2) is 9.26. The van der Waals surface area contributed by atoms with Crippen LogP contribution in [0.4, 0.5) is 4.39 Å². The van der Waals surface area contributed by atoms with Gasteiger partial charge in [-0.25, -0.2) is 9.37 Å². The van der Waals surface area contributed by atoms with E-state index in [0.717, 1.165) is 16.3 Å². The summed E-state index contributed by atoms with van der Waals surface area (Å²) in [4.78, 5) is 34.1. The van der Waals surface area contributed by atoms with Crippen LogP contribution in [-0.4, -0.2) is 59.9 Å². The molecule has 0 aliphatic carbocycles. The number of halogens is 1. The Balaban J connectivity index is 1.42. The van der Waals surface area contributed by atoms with Crippen LogP contribution < -0.4 is 4.74 Å². The molecule has 2 amide bonds. The van der Waals surface area contributed by atoms with Crippen LogP contribution in [-0.2, 0) is 0 Å². The molecule has 0 unspecified atom stereocenters. The SMILES string of the molecule is COc1ccc(-c2ncc(C(=O)N3CCCN(C(=O)c4cccc(F)c4)CC3)s2)cc1. The minimum absolute atomic E-state index is 0.0858. The number of hydrogen-bond acceptors (Lipinski definition) is 5. The second-order valence-corrected chi connectivity index (χ2v) is 8.24. The molecule has 0 atom stereocenters. The smallest absolute Gasteiger partial charge is 0.265 e. The highest BCUT2D eigenvalue weighted by molar-refractivity contribution is 7.16. The van der Waals surface area contributed by atoms with E-state index in [2.05, 4.69) is 4.98 Å². The van der Waals surface area contributed by atoms with Gasteiger partial charge >= 0.3 is 0 Å². The molecule has 3 aromatic rings. The molecular formula is C23H22FN3O3S. The highest BCUT2D eigenvalue weighted by atomic mass is 32.1. The fourth-order valence-electron chi connectivity index (χ4n) is 3.52. The van der Waals surface area contributed by atoms with Crippen molar-refractivity contribution in [3.8, 4) is 16.3 Å². The van der Waals surface area contributed by atoms with Crippen LogP contribution in [0, 0.1) is 5.82 Å². The van der Waals surface area contributed by atoms with E-state index < -0.39 is 5.82 Å². The molecule has 0 radical (unpaired) electrons. The van der Waals surface area contributed by atoms with Gasteiger partial charge in [-0.15, -0.1) is 11.3 Å². The third-order valence-corrected chi connectivity index (χ3v) is 6.23. The molecule has 1 saturated heterocycles. The Labute approximate surface area is 183 Å². The van der Waals surface area contributed by atoms with Gasteiger partial charge in [0.2, 0.25) is 0 Å². The predicted octanol–water partition coefficient (Wildman–Crippen LogP) is 3.95. The number of carbonyl (C=O) groups is 2. The normalized spacial score (nSPS) is 14.3. The maximum Gasteiger partial charge on any atom is 0.265 e. The number of amides is 2. The molecule has 8 heteroatoms. The van der Waals surface area contributed by atoms with E-state index in [-0.39, 0.29) is 11.8 Å². The Morgan fingerprint density at radius 1 is 1.00 bits per heavy atom. The molecule has 0 N–H and O–H groups in total. The number of benzene rings is 2. The number of rotatable bonds is 4. The fraction of sp³-hybridized carbons (Fsp3) is 0.261. The van der Waals surface area contributed by atoms with Gasteiger partial charge in [0.05, 0.1) is 13.3 Å². The quantitative estimate of drug-likeness (QED) is 0.618. The van der Waals surface area contributed by atoms with Crippen LogP contribution >= 0.6 is 11.3 Å². The van der Waals surface area contributed by atoms with Crippen LogP contribution in [0.1, 0.15) is 26.5 Å². The van der Waals surface area contributed by atoms with Gasteiger partial charge in [0.25, 0.3) is 11.8 Å². The zero-order valence-corrected chi connectivity index (χ0v) is 17.9. The lowest BCUT2D eigenvalue weighted by Gasteiger charge is -2.22. The zero-order chi connectivity index (χ0) is 21.8. The van der Waals surface area contributed by atoms with Crippen LogP contribution in [0.15, 0.2) is 54.7 Å². The molecular weight excluding hydrogens is 417 g/mol. The second-order valence-electron chi connectivity index (χ2n) is 7.21. The molecule has 0 spiro atoms. The molecule has 6 nitrogen and oxygen atoms in total. The van der Waals surface area contributed by atoms with Crippen molar-refractivity contribution in [1.29, 1.82) is 0 Å². The van der Waals surface area contributed by atoms with Gasteiger partial charge in [0.15, 0.2) is 0 Å². The molecule has 2 aromatic carbocycles. The lowest BCUT2D eigenvalue weighted by molar-refractivity contribution is 0.0721. The van der Waals surface area contributed by atoms with E-state index in [1.165, 1.54) is 29.5 Å². The topological polar surface area (TPSA) is 62.7 Å². The standard InChI is InChI=1S/C23H22FN3O3S/c1-30-19-8-6-16(7-9-19)21-25-15-20(31-21)23(29)27-11-3-10-26(12-13-27)22(28)17-4-2-5-18(24)14-17/h2,4-9,14-15H,3,10-13H2,1H3. The summed E-state index contributed by atoms with van der Waals surface area (Å²) < 4.78 is 18.6. The maximum atomic E-state index is 13.5. The van der Waals surface area contributed by atoms with E-state index in [1.807, 2.05) is 24.3 Å². The summed E-state index contributed by atoms with van der Waals surface area (Å²) >= 11 is 1.35. The summed E-state index contributed by atoms with van der Waals surface area (Å²) in [6.07, 6.45) is 2.27. The number of thiazole rings is 1. The Hall–Kier alpha value is -3.26. The van der Waals surface area contributed by atoms with Crippen molar-refractivity contribution in [2.75, 3.05) is 33.3 Å². The summed E-state index contributed by atoms with van der Waals surface area (Å²) in [5.74, 6) is 0.0274. The first kappa shape index (κ1) is 21.0. The van der Waals surface area contributed by atoms with E-state index >= 15 is 0 Å².